The van der Waals surface area contributed by atoms with Crippen molar-refractivity contribution in [3.8, 4) is 0 Å². The Hall–Kier alpha value is -0.770. The molecule has 0 saturated carbocycles. The van der Waals surface area contributed by atoms with Gasteiger partial charge in [-0.05, 0) is 31.8 Å². The second-order valence-electron chi connectivity index (χ2n) is 4.46. The van der Waals surface area contributed by atoms with E-state index in [2.05, 4.69) is 30.8 Å². The summed E-state index contributed by atoms with van der Waals surface area (Å²) in [5.41, 5.74) is 5.41. The first-order chi connectivity index (χ1) is 7.63. The molecule has 96 valence electrons. The lowest BCUT2D eigenvalue weighted by molar-refractivity contribution is 0.241. The summed E-state index contributed by atoms with van der Waals surface area (Å²) in [4.78, 5) is 2.47. The lowest BCUT2D eigenvalue weighted by atomic mass is 10.1. The van der Waals surface area contributed by atoms with Crippen molar-refractivity contribution in [2.75, 3.05) is 19.6 Å². The maximum atomic E-state index is 8.39. The maximum absolute atomic E-state index is 8.39. The van der Waals surface area contributed by atoms with E-state index in [0.717, 1.165) is 31.8 Å². The summed E-state index contributed by atoms with van der Waals surface area (Å²) >= 11 is 0. The maximum Gasteiger partial charge on any atom is 0.139 e. The van der Waals surface area contributed by atoms with Crippen molar-refractivity contribution in [2.45, 2.75) is 46.5 Å². The number of oxime groups is 1. The molecule has 0 amide bonds. The van der Waals surface area contributed by atoms with E-state index in [1.54, 1.807) is 0 Å². The minimum absolute atomic E-state index is 0.338. The van der Waals surface area contributed by atoms with Crippen molar-refractivity contribution < 1.29 is 5.21 Å². The molecule has 0 radical (unpaired) electrons. The summed E-state index contributed by atoms with van der Waals surface area (Å²) in [5, 5.41) is 11.4. The third-order valence-electron chi connectivity index (χ3n) is 3.00. The van der Waals surface area contributed by atoms with Crippen LogP contribution in [0.1, 0.15) is 46.5 Å². The predicted molar refractivity (Wildman–Crippen MR) is 68.8 cm³/mol. The second kappa shape index (κ2) is 9.46. The Morgan fingerprint density at radius 1 is 1.38 bits per heavy atom. The fourth-order valence-electron chi connectivity index (χ4n) is 1.64. The van der Waals surface area contributed by atoms with Gasteiger partial charge in [-0.3, -0.25) is 0 Å². The molecule has 0 aromatic rings. The lowest BCUT2D eigenvalue weighted by Gasteiger charge is -2.23. The Balaban J connectivity index is 3.63. The van der Waals surface area contributed by atoms with Crippen molar-refractivity contribution in [3.63, 3.8) is 0 Å². The summed E-state index contributed by atoms with van der Waals surface area (Å²) in [6.45, 7) is 10.1. The van der Waals surface area contributed by atoms with Gasteiger partial charge >= 0.3 is 0 Å². The van der Waals surface area contributed by atoms with Crippen LogP contribution in [0.4, 0.5) is 0 Å². The zero-order chi connectivity index (χ0) is 12.4. The monoisotopic (exact) mass is 229 g/mol. The highest BCUT2D eigenvalue weighted by atomic mass is 16.4. The molecule has 3 N–H and O–H groups in total. The van der Waals surface area contributed by atoms with E-state index in [-0.39, 0.29) is 0 Å². The minimum atomic E-state index is 0.338. The molecule has 0 bridgehead atoms. The van der Waals surface area contributed by atoms with Crippen LogP contribution in [-0.2, 0) is 0 Å². The van der Waals surface area contributed by atoms with E-state index in [1.165, 1.54) is 13.0 Å². The zero-order valence-electron chi connectivity index (χ0n) is 10.9. The van der Waals surface area contributed by atoms with Gasteiger partial charge in [0.25, 0.3) is 0 Å². The van der Waals surface area contributed by atoms with E-state index in [1.807, 2.05) is 0 Å². The molecule has 0 aromatic carbocycles. The molecule has 0 aliphatic heterocycles. The first kappa shape index (κ1) is 15.2. The van der Waals surface area contributed by atoms with E-state index in [4.69, 9.17) is 10.9 Å². The highest BCUT2D eigenvalue weighted by Gasteiger charge is 2.06. The van der Waals surface area contributed by atoms with Crippen molar-refractivity contribution >= 4 is 5.84 Å². The number of amidine groups is 1. The highest BCUT2D eigenvalue weighted by Crippen LogP contribution is 2.06. The highest BCUT2D eigenvalue weighted by molar-refractivity contribution is 5.79. The standard InChI is InChI=1S/C12H27N3O/c1-4-11(3)10-15(5-2)9-7-6-8-12(13)14-16/h11,16H,4-10H2,1-3H3,(H2,13,14). The molecule has 0 aliphatic carbocycles. The van der Waals surface area contributed by atoms with Crippen LogP contribution < -0.4 is 5.73 Å². The predicted octanol–water partition coefficient (Wildman–Crippen LogP) is 2.27. The van der Waals surface area contributed by atoms with Crippen molar-refractivity contribution in [1.29, 1.82) is 0 Å². The molecule has 0 rings (SSSR count). The van der Waals surface area contributed by atoms with Crippen LogP contribution in [0.2, 0.25) is 0 Å². The first-order valence-corrected chi connectivity index (χ1v) is 6.32. The van der Waals surface area contributed by atoms with Gasteiger partial charge in [0.2, 0.25) is 0 Å². The van der Waals surface area contributed by atoms with Gasteiger partial charge in [-0.1, -0.05) is 32.3 Å². The van der Waals surface area contributed by atoms with Gasteiger partial charge in [0.05, 0.1) is 0 Å². The molecule has 0 fully saturated rings. The molecule has 0 spiro atoms. The minimum Gasteiger partial charge on any atom is -0.409 e. The van der Waals surface area contributed by atoms with Crippen LogP contribution in [-0.4, -0.2) is 35.6 Å². The topological polar surface area (TPSA) is 61.8 Å². The van der Waals surface area contributed by atoms with Crippen molar-refractivity contribution in [3.05, 3.63) is 0 Å². The molecular formula is C12H27N3O. The molecule has 4 nitrogen and oxygen atoms in total. The average Bonchev–Trinajstić information content (AvgIpc) is 2.32. The molecule has 16 heavy (non-hydrogen) atoms. The van der Waals surface area contributed by atoms with E-state index in [9.17, 15) is 0 Å². The van der Waals surface area contributed by atoms with Gasteiger partial charge in [-0.2, -0.15) is 0 Å². The Labute approximate surface area is 99.5 Å². The summed E-state index contributed by atoms with van der Waals surface area (Å²) in [6.07, 6.45) is 4.03. The van der Waals surface area contributed by atoms with Crippen molar-refractivity contribution in [1.82, 2.24) is 4.90 Å². The van der Waals surface area contributed by atoms with Crippen LogP contribution in [0, 0.1) is 5.92 Å². The summed E-state index contributed by atoms with van der Waals surface area (Å²) in [6, 6.07) is 0. The Kier molecular flexibility index (Phi) is 9.00. The molecule has 1 atom stereocenters. The molecule has 0 aromatic heterocycles. The fourth-order valence-corrected chi connectivity index (χ4v) is 1.64. The summed E-state index contributed by atoms with van der Waals surface area (Å²) in [5.74, 6) is 1.11. The van der Waals surface area contributed by atoms with Crippen LogP contribution in [0.5, 0.6) is 0 Å². The van der Waals surface area contributed by atoms with Crippen LogP contribution in [0.15, 0.2) is 5.16 Å². The Morgan fingerprint density at radius 2 is 2.06 bits per heavy atom. The van der Waals surface area contributed by atoms with Gasteiger partial charge in [0.15, 0.2) is 0 Å². The summed E-state index contributed by atoms with van der Waals surface area (Å²) < 4.78 is 0. The number of hydrogen-bond acceptors (Lipinski definition) is 3. The summed E-state index contributed by atoms with van der Waals surface area (Å²) in [7, 11) is 0. The fraction of sp³-hybridized carbons (Fsp3) is 0.917. The molecule has 0 aliphatic rings. The second-order valence-corrected chi connectivity index (χ2v) is 4.46. The number of hydrogen-bond donors (Lipinski definition) is 2. The third-order valence-corrected chi connectivity index (χ3v) is 3.00. The number of rotatable bonds is 9. The van der Waals surface area contributed by atoms with Gasteiger partial charge in [-0.15, -0.1) is 0 Å². The van der Waals surface area contributed by atoms with E-state index < -0.39 is 0 Å². The van der Waals surface area contributed by atoms with Gasteiger partial charge in [0.1, 0.15) is 5.84 Å². The molecule has 0 heterocycles. The smallest absolute Gasteiger partial charge is 0.139 e. The molecule has 1 unspecified atom stereocenters. The average molecular weight is 229 g/mol. The third kappa shape index (κ3) is 7.51. The Morgan fingerprint density at radius 3 is 2.56 bits per heavy atom. The largest absolute Gasteiger partial charge is 0.409 e. The number of nitrogens with zero attached hydrogens (tertiary/aromatic N) is 2. The molecule has 0 saturated heterocycles. The van der Waals surface area contributed by atoms with Crippen LogP contribution >= 0.6 is 0 Å². The number of nitrogens with two attached hydrogens (primary N) is 1. The number of unbranched alkanes of at least 4 members (excludes halogenated alkanes) is 1. The Bertz CT molecular complexity index is 195. The van der Waals surface area contributed by atoms with Gasteiger partial charge in [0, 0.05) is 13.0 Å². The van der Waals surface area contributed by atoms with Gasteiger partial charge in [-0.25, -0.2) is 0 Å². The van der Waals surface area contributed by atoms with Crippen molar-refractivity contribution in [2.24, 2.45) is 16.8 Å². The van der Waals surface area contributed by atoms with Crippen LogP contribution in [0.3, 0.4) is 0 Å². The van der Waals surface area contributed by atoms with Gasteiger partial charge < -0.3 is 15.8 Å². The first-order valence-electron chi connectivity index (χ1n) is 6.32. The molecular weight excluding hydrogens is 202 g/mol. The quantitative estimate of drug-likeness (QED) is 0.210. The molecule has 4 heteroatoms. The SMILES string of the molecule is CCC(C)CN(CC)CCCCC(N)=NO. The zero-order valence-corrected chi connectivity index (χ0v) is 10.9. The van der Waals surface area contributed by atoms with Crippen LogP contribution in [0.25, 0.3) is 0 Å². The lowest BCUT2D eigenvalue weighted by Crippen LogP contribution is -2.29. The normalized spacial score (nSPS) is 14.4. The van der Waals surface area contributed by atoms with E-state index in [0.29, 0.717) is 12.3 Å². The van der Waals surface area contributed by atoms with E-state index >= 15 is 0 Å².